The molecular weight excluding hydrogens is 606 g/mol. The summed E-state index contributed by atoms with van der Waals surface area (Å²) >= 11 is 0. The molecule has 6 rings (SSSR count). The Morgan fingerprint density at radius 1 is 0.896 bits per heavy atom. The molecule has 2 aliphatic carbocycles. The molecule has 0 bridgehead atoms. The number of benzene rings is 1. The molecule has 0 unspecified atom stereocenters. The molecule has 256 valence electrons. The Bertz CT molecular complexity index is 1560. The third kappa shape index (κ3) is 7.75. The number of pyridine rings is 2. The van der Waals surface area contributed by atoms with Crippen LogP contribution in [0.1, 0.15) is 68.4 Å². The van der Waals surface area contributed by atoms with Gasteiger partial charge in [-0.05, 0) is 117 Å². The standard InChI is InChI=1S/C38H49N5O5/c1-25-19-29(11-15-34(25)47-4)27-7-5-26(6-8-27)22-43(36-20-30(17-18-39-36)31-12-16-35(40-21-31)41(2)3)37(45)28-9-13-33(14-10-28)48-38(46)42-23-32(44)24-42/h11-12,15-21,26-28,32-33,44H,5-10,13-14,22-24H2,1-4H3. The van der Waals surface area contributed by atoms with Gasteiger partial charge in [0, 0.05) is 44.5 Å². The van der Waals surface area contributed by atoms with Crippen LogP contribution in [0.2, 0.25) is 0 Å². The molecule has 48 heavy (non-hydrogen) atoms. The fraction of sp³-hybridized carbons (Fsp3) is 0.526. The van der Waals surface area contributed by atoms with E-state index in [1.54, 1.807) is 13.3 Å². The quantitative estimate of drug-likeness (QED) is 0.290. The van der Waals surface area contributed by atoms with Gasteiger partial charge in [-0.3, -0.25) is 9.69 Å². The largest absolute Gasteiger partial charge is 0.496 e. The Labute approximate surface area is 284 Å². The number of hydrogen-bond acceptors (Lipinski definition) is 8. The molecule has 1 aromatic carbocycles. The van der Waals surface area contributed by atoms with Crippen LogP contribution in [0, 0.1) is 18.8 Å². The maximum Gasteiger partial charge on any atom is 0.410 e. The number of anilines is 2. The molecule has 10 heteroatoms. The molecule has 2 aromatic heterocycles. The van der Waals surface area contributed by atoms with E-state index in [4.69, 9.17) is 14.5 Å². The first-order valence-electron chi connectivity index (χ1n) is 17.4. The zero-order chi connectivity index (χ0) is 33.8. The number of β-amino-alcohol motifs (C(OH)–C–C–N with tert-alkyl or cyclic N) is 1. The molecule has 10 nitrogen and oxygen atoms in total. The number of likely N-dealkylation sites (tertiary alicyclic amines) is 1. The van der Waals surface area contributed by atoms with E-state index in [1.165, 1.54) is 10.5 Å². The van der Waals surface area contributed by atoms with Gasteiger partial charge in [-0.25, -0.2) is 14.8 Å². The highest BCUT2D eigenvalue weighted by Crippen LogP contribution is 2.39. The Kier molecular flexibility index (Phi) is 10.5. The topological polar surface area (TPSA) is 108 Å². The molecule has 1 saturated heterocycles. The van der Waals surface area contributed by atoms with Crippen LogP contribution in [0.5, 0.6) is 5.75 Å². The first kappa shape index (κ1) is 33.7. The van der Waals surface area contributed by atoms with Gasteiger partial charge in [0.25, 0.3) is 0 Å². The van der Waals surface area contributed by atoms with Gasteiger partial charge in [0.1, 0.15) is 23.5 Å². The van der Waals surface area contributed by atoms with E-state index in [-0.39, 0.29) is 24.0 Å². The minimum atomic E-state index is -0.459. The van der Waals surface area contributed by atoms with Crippen molar-refractivity contribution in [3.63, 3.8) is 0 Å². The number of aliphatic hydroxyl groups is 1. The SMILES string of the molecule is COc1ccc(C2CCC(CN(C(=O)C3CCC(OC(=O)N4CC(O)C4)CC3)c3cc(-c4ccc(N(C)C)nc4)ccn3)CC2)cc1C. The smallest absolute Gasteiger partial charge is 0.410 e. The highest BCUT2D eigenvalue weighted by atomic mass is 16.6. The van der Waals surface area contributed by atoms with Crippen molar-refractivity contribution in [2.24, 2.45) is 11.8 Å². The molecule has 1 N–H and O–H groups in total. The summed E-state index contributed by atoms with van der Waals surface area (Å²) in [6.45, 7) is 3.38. The number of rotatable bonds is 9. The highest BCUT2D eigenvalue weighted by Gasteiger charge is 2.36. The second-order valence-corrected chi connectivity index (χ2v) is 14.0. The summed E-state index contributed by atoms with van der Waals surface area (Å²) in [7, 11) is 5.65. The fourth-order valence-electron chi connectivity index (χ4n) is 7.42. The van der Waals surface area contributed by atoms with Crippen molar-refractivity contribution < 1.29 is 24.2 Å². The molecule has 3 heterocycles. The van der Waals surface area contributed by atoms with Gasteiger partial charge in [-0.15, -0.1) is 0 Å². The van der Waals surface area contributed by atoms with Gasteiger partial charge in [0.15, 0.2) is 0 Å². The normalized spacial score (nSPS) is 22.8. The molecular formula is C38H49N5O5. The predicted molar refractivity (Wildman–Crippen MR) is 186 cm³/mol. The van der Waals surface area contributed by atoms with Crippen molar-refractivity contribution in [3.05, 3.63) is 66.0 Å². The summed E-state index contributed by atoms with van der Waals surface area (Å²) in [5.41, 5.74) is 4.48. The van der Waals surface area contributed by atoms with Gasteiger partial charge in [0.05, 0.1) is 26.3 Å². The lowest BCUT2D eigenvalue weighted by molar-refractivity contribution is -0.124. The van der Waals surface area contributed by atoms with Crippen molar-refractivity contribution in [1.29, 1.82) is 0 Å². The third-order valence-electron chi connectivity index (χ3n) is 10.4. The first-order valence-corrected chi connectivity index (χ1v) is 17.4. The maximum atomic E-state index is 14.4. The average Bonchev–Trinajstić information content (AvgIpc) is 3.09. The number of carbonyl (C=O) groups excluding carboxylic acids is 2. The maximum absolute atomic E-state index is 14.4. The van der Waals surface area contributed by atoms with Crippen LogP contribution < -0.4 is 14.5 Å². The zero-order valence-corrected chi connectivity index (χ0v) is 28.7. The number of carbonyl (C=O) groups is 2. The summed E-state index contributed by atoms with van der Waals surface area (Å²) in [6, 6.07) is 14.6. The lowest BCUT2D eigenvalue weighted by atomic mass is 9.78. The van der Waals surface area contributed by atoms with Crippen LogP contribution in [-0.2, 0) is 9.53 Å². The second-order valence-electron chi connectivity index (χ2n) is 14.0. The zero-order valence-electron chi connectivity index (χ0n) is 28.7. The predicted octanol–water partition coefficient (Wildman–Crippen LogP) is 6.21. The van der Waals surface area contributed by atoms with E-state index >= 15 is 0 Å². The number of aromatic nitrogens is 2. The van der Waals surface area contributed by atoms with Crippen molar-refractivity contribution in [2.75, 3.05) is 50.6 Å². The molecule has 0 radical (unpaired) electrons. The minimum absolute atomic E-state index is 0.101. The molecule has 0 atom stereocenters. The molecule has 2 saturated carbocycles. The number of methoxy groups -OCH3 is 1. The van der Waals surface area contributed by atoms with E-state index < -0.39 is 6.10 Å². The molecule has 2 amide bonds. The Hall–Kier alpha value is -4.18. The number of hydrogen-bond donors (Lipinski definition) is 1. The summed E-state index contributed by atoms with van der Waals surface area (Å²) in [4.78, 5) is 41.6. The van der Waals surface area contributed by atoms with Crippen molar-refractivity contribution in [1.82, 2.24) is 14.9 Å². The summed E-state index contributed by atoms with van der Waals surface area (Å²) < 4.78 is 11.2. The molecule has 0 spiro atoms. The lowest BCUT2D eigenvalue weighted by Gasteiger charge is -2.38. The summed E-state index contributed by atoms with van der Waals surface area (Å²) in [5.74, 6) is 3.30. The van der Waals surface area contributed by atoms with Crippen molar-refractivity contribution in [3.8, 4) is 16.9 Å². The Morgan fingerprint density at radius 2 is 1.65 bits per heavy atom. The van der Waals surface area contributed by atoms with Gasteiger partial charge in [-0.2, -0.15) is 0 Å². The van der Waals surface area contributed by atoms with Gasteiger partial charge < -0.3 is 24.4 Å². The number of ether oxygens (including phenoxy) is 2. The third-order valence-corrected chi connectivity index (χ3v) is 10.4. The second kappa shape index (κ2) is 14.9. The number of amides is 2. The van der Waals surface area contributed by atoms with Gasteiger partial charge in [0.2, 0.25) is 5.91 Å². The van der Waals surface area contributed by atoms with Crippen LogP contribution in [0.15, 0.2) is 54.9 Å². The Morgan fingerprint density at radius 3 is 2.27 bits per heavy atom. The van der Waals surface area contributed by atoms with Crippen LogP contribution >= 0.6 is 0 Å². The molecule has 1 aliphatic heterocycles. The van der Waals surface area contributed by atoms with Crippen LogP contribution in [0.3, 0.4) is 0 Å². The van der Waals surface area contributed by atoms with E-state index in [2.05, 4.69) is 36.2 Å². The fourth-order valence-corrected chi connectivity index (χ4v) is 7.42. The summed E-state index contributed by atoms with van der Waals surface area (Å²) in [5, 5.41) is 9.53. The van der Waals surface area contributed by atoms with Crippen LogP contribution in [-0.4, -0.2) is 85.0 Å². The van der Waals surface area contributed by atoms with Gasteiger partial charge in [-0.1, -0.05) is 12.1 Å². The van der Waals surface area contributed by atoms with Crippen molar-refractivity contribution >= 4 is 23.6 Å². The number of aryl methyl sites for hydroxylation is 1. The van der Waals surface area contributed by atoms with Gasteiger partial charge >= 0.3 is 6.09 Å². The number of aliphatic hydroxyl groups excluding tert-OH is 1. The molecule has 3 aromatic rings. The average molecular weight is 656 g/mol. The monoisotopic (exact) mass is 655 g/mol. The molecule has 3 fully saturated rings. The lowest BCUT2D eigenvalue weighted by Crippen LogP contribution is -2.54. The van der Waals surface area contributed by atoms with Crippen LogP contribution in [0.25, 0.3) is 11.1 Å². The van der Waals surface area contributed by atoms with Crippen LogP contribution in [0.4, 0.5) is 16.4 Å². The first-order chi connectivity index (χ1) is 23.2. The van der Waals surface area contributed by atoms with E-state index in [0.29, 0.717) is 63.0 Å². The number of nitrogens with zero attached hydrogens (tertiary/aromatic N) is 5. The van der Waals surface area contributed by atoms with E-state index in [0.717, 1.165) is 53.9 Å². The highest BCUT2D eigenvalue weighted by molar-refractivity contribution is 5.94. The Balaban J connectivity index is 1.15. The van der Waals surface area contributed by atoms with E-state index in [9.17, 15) is 14.7 Å². The molecule has 3 aliphatic rings. The van der Waals surface area contributed by atoms with E-state index in [1.807, 2.05) is 48.3 Å². The van der Waals surface area contributed by atoms with Crippen molar-refractivity contribution in [2.45, 2.75) is 76.4 Å². The summed E-state index contributed by atoms with van der Waals surface area (Å²) in [6.07, 6.45) is 9.50. The minimum Gasteiger partial charge on any atom is -0.496 e.